The van der Waals surface area contributed by atoms with Crippen LogP contribution in [0.1, 0.15) is 34.6 Å². The number of carbonyl (C=O) groups is 1. The zero-order valence-electron chi connectivity index (χ0n) is 14.9. The van der Waals surface area contributed by atoms with E-state index in [2.05, 4.69) is 15.6 Å². The zero-order valence-corrected chi connectivity index (χ0v) is 14.9. The number of amides is 1. The van der Waals surface area contributed by atoms with Crippen molar-refractivity contribution in [2.75, 3.05) is 10.6 Å². The molecule has 0 saturated heterocycles. The summed E-state index contributed by atoms with van der Waals surface area (Å²) in [5, 5.41) is 6.10. The van der Waals surface area contributed by atoms with Gasteiger partial charge in [0, 0.05) is 5.41 Å². The van der Waals surface area contributed by atoms with E-state index in [4.69, 9.17) is 4.74 Å². The highest BCUT2D eigenvalue weighted by molar-refractivity contribution is 5.94. The molecule has 2 rings (SSSR count). The van der Waals surface area contributed by atoms with Gasteiger partial charge >= 0.3 is 0 Å². The molecule has 0 fully saturated rings. The Bertz CT molecular complexity index is 689. The smallest absolute Gasteiger partial charge is 0.229 e. The van der Waals surface area contributed by atoms with Crippen molar-refractivity contribution in [2.24, 2.45) is 5.41 Å². The van der Waals surface area contributed by atoms with Gasteiger partial charge in [0.05, 0.1) is 23.7 Å². The number of hydrogen-bond acceptors (Lipinski definition) is 4. The van der Waals surface area contributed by atoms with Gasteiger partial charge in [-0.2, -0.15) is 0 Å². The third kappa shape index (κ3) is 4.98. The number of nitrogens with zero attached hydrogens (tertiary/aromatic N) is 1. The van der Waals surface area contributed by atoms with Gasteiger partial charge in [0.1, 0.15) is 11.6 Å². The molecule has 5 nitrogen and oxygen atoms in total. The molecular formula is C19H25N3O2. The van der Waals surface area contributed by atoms with Gasteiger partial charge in [-0.05, 0) is 38.1 Å². The summed E-state index contributed by atoms with van der Waals surface area (Å²) in [6, 6.07) is 11.4. The van der Waals surface area contributed by atoms with Crippen molar-refractivity contribution in [1.82, 2.24) is 4.98 Å². The van der Waals surface area contributed by atoms with Crippen LogP contribution in [0.5, 0.6) is 5.75 Å². The molecule has 0 unspecified atom stereocenters. The minimum atomic E-state index is -0.440. The number of rotatable bonds is 5. The van der Waals surface area contributed by atoms with E-state index < -0.39 is 5.41 Å². The maximum atomic E-state index is 12.0. The van der Waals surface area contributed by atoms with Crippen molar-refractivity contribution >= 4 is 23.1 Å². The molecular weight excluding hydrogens is 302 g/mol. The average molecular weight is 327 g/mol. The number of aromatic nitrogens is 1. The SMILES string of the molecule is CC(C)Oc1ccccc1Nc1ccc(NC(=O)C(C)(C)C)cn1. The largest absolute Gasteiger partial charge is 0.489 e. The van der Waals surface area contributed by atoms with Crippen LogP contribution < -0.4 is 15.4 Å². The standard InChI is InChI=1S/C19H25N3O2/c1-13(2)24-16-9-7-6-8-15(16)22-17-11-10-14(12-20-17)21-18(23)19(3,4)5/h6-13H,1-5H3,(H,20,22)(H,21,23). The van der Waals surface area contributed by atoms with Crippen LogP contribution in [0, 0.1) is 5.41 Å². The van der Waals surface area contributed by atoms with Gasteiger partial charge < -0.3 is 15.4 Å². The molecule has 0 aliphatic rings. The zero-order chi connectivity index (χ0) is 17.7. The van der Waals surface area contributed by atoms with Crippen LogP contribution in [-0.4, -0.2) is 17.0 Å². The van der Waals surface area contributed by atoms with Gasteiger partial charge in [-0.15, -0.1) is 0 Å². The van der Waals surface area contributed by atoms with Crippen molar-refractivity contribution in [3.05, 3.63) is 42.6 Å². The molecule has 5 heteroatoms. The lowest BCUT2D eigenvalue weighted by Crippen LogP contribution is -2.27. The molecule has 0 bridgehead atoms. The second-order valence-electron chi connectivity index (χ2n) is 6.92. The Kier molecular flexibility index (Phi) is 5.44. The van der Waals surface area contributed by atoms with Gasteiger partial charge in [-0.1, -0.05) is 32.9 Å². The summed E-state index contributed by atoms with van der Waals surface area (Å²) in [5.74, 6) is 1.42. The van der Waals surface area contributed by atoms with Crippen LogP contribution in [0.25, 0.3) is 0 Å². The number of hydrogen-bond donors (Lipinski definition) is 2. The molecule has 1 heterocycles. The Balaban J connectivity index is 2.09. The Morgan fingerprint density at radius 2 is 1.83 bits per heavy atom. The van der Waals surface area contributed by atoms with E-state index in [-0.39, 0.29) is 12.0 Å². The molecule has 2 aromatic rings. The molecule has 0 spiro atoms. The number of para-hydroxylation sites is 2. The van der Waals surface area contributed by atoms with Gasteiger partial charge in [0.15, 0.2) is 0 Å². The van der Waals surface area contributed by atoms with Gasteiger partial charge in [0.25, 0.3) is 0 Å². The number of nitrogens with one attached hydrogen (secondary N) is 2. The van der Waals surface area contributed by atoms with Crippen LogP contribution in [0.15, 0.2) is 42.6 Å². The quantitative estimate of drug-likeness (QED) is 0.842. The topological polar surface area (TPSA) is 63.2 Å². The molecule has 0 saturated carbocycles. The first-order valence-electron chi connectivity index (χ1n) is 8.06. The van der Waals surface area contributed by atoms with Crippen LogP contribution in [0.4, 0.5) is 17.2 Å². The lowest BCUT2D eigenvalue weighted by atomic mass is 9.96. The highest BCUT2D eigenvalue weighted by atomic mass is 16.5. The van der Waals surface area contributed by atoms with E-state index in [1.165, 1.54) is 0 Å². The third-order valence-corrected chi connectivity index (χ3v) is 3.22. The molecule has 24 heavy (non-hydrogen) atoms. The average Bonchev–Trinajstić information content (AvgIpc) is 2.49. The maximum Gasteiger partial charge on any atom is 0.229 e. The first-order valence-corrected chi connectivity index (χ1v) is 8.06. The number of ether oxygens (including phenoxy) is 1. The molecule has 1 amide bonds. The van der Waals surface area contributed by atoms with Crippen molar-refractivity contribution in [3.63, 3.8) is 0 Å². The molecule has 2 N–H and O–H groups in total. The summed E-state index contributed by atoms with van der Waals surface area (Å²) < 4.78 is 5.78. The minimum absolute atomic E-state index is 0.0410. The Morgan fingerprint density at radius 3 is 2.42 bits per heavy atom. The van der Waals surface area contributed by atoms with Crippen LogP contribution >= 0.6 is 0 Å². The number of carbonyl (C=O) groups excluding carboxylic acids is 1. The monoisotopic (exact) mass is 327 g/mol. The van der Waals surface area contributed by atoms with Gasteiger partial charge in [0.2, 0.25) is 5.91 Å². The lowest BCUT2D eigenvalue weighted by molar-refractivity contribution is -0.123. The maximum absolute atomic E-state index is 12.0. The molecule has 1 aromatic carbocycles. The van der Waals surface area contributed by atoms with Gasteiger partial charge in [-0.25, -0.2) is 4.98 Å². The lowest BCUT2D eigenvalue weighted by Gasteiger charge is -2.18. The fourth-order valence-corrected chi connectivity index (χ4v) is 1.92. The van der Waals surface area contributed by atoms with E-state index >= 15 is 0 Å². The predicted molar refractivity (Wildman–Crippen MR) is 97.8 cm³/mol. The fourth-order valence-electron chi connectivity index (χ4n) is 1.92. The molecule has 0 atom stereocenters. The first kappa shape index (κ1) is 17.8. The summed E-state index contributed by atoms with van der Waals surface area (Å²) in [4.78, 5) is 16.3. The molecule has 1 aromatic heterocycles. The Morgan fingerprint density at radius 1 is 1.12 bits per heavy atom. The molecule has 128 valence electrons. The van der Waals surface area contributed by atoms with Crippen molar-refractivity contribution in [3.8, 4) is 5.75 Å². The summed E-state index contributed by atoms with van der Waals surface area (Å²) in [6.07, 6.45) is 1.73. The number of pyridine rings is 1. The van der Waals surface area contributed by atoms with Crippen LogP contribution in [0.3, 0.4) is 0 Å². The van der Waals surface area contributed by atoms with E-state index in [1.807, 2.05) is 71.0 Å². The van der Waals surface area contributed by atoms with E-state index in [1.54, 1.807) is 6.20 Å². The summed E-state index contributed by atoms with van der Waals surface area (Å²) in [7, 11) is 0. The van der Waals surface area contributed by atoms with E-state index in [0.717, 1.165) is 11.4 Å². The number of anilines is 3. The molecule has 0 aliphatic carbocycles. The van der Waals surface area contributed by atoms with Crippen LogP contribution in [0.2, 0.25) is 0 Å². The minimum Gasteiger partial charge on any atom is -0.489 e. The fraction of sp³-hybridized carbons (Fsp3) is 0.368. The third-order valence-electron chi connectivity index (χ3n) is 3.22. The number of benzene rings is 1. The van der Waals surface area contributed by atoms with E-state index in [0.29, 0.717) is 11.5 Å². The Hall–Kier alpha value is -2.56. The summed E-state index contributed by atoms with van der Waals surface area (Å²) in [5.41, 5.74) is 1.08. The molecule has 0 aliphatic heterocycles. The van der Waals surface area contributed by atoms with Crippen molar-refractivity contribution in [2.45, 2.75) is 40.7 Å². The van der Waals surface area contributed by atoms with E-state index in [9.17, 15) is 4.79 Å². The predicted octanol–water partition coefficient (Wildman–Crippen LogP) is 4.60. The second-order valence-corrected chi connectivity index (χ2v) is 6.92. The highest BCUT2D eigenvalue weighted by Gasteiger charge is 2.21. The first-order chi connectivity index (χ1) is 11.3. The van der Waals surface area contributed by atoms with Crippen LogP contribution in [-0.2, 0) is 4.79 Å². The Labute approximate surface area is 143 Å². The molecule has 0 radical (unpaired) electrons. The van der Waals surface area contributed by atoms with Crippen molar-refractivity contribution in [1.29, 1.82) is 0 Å². The normalized spacial score (nSPS) is 11.2. The summed E-state index contributed by atoms with van der Waals surface area (Å²) in [6.45, 7) is 9.59. The van der Waals surface area contributed by atoms with Gasteiger partial charge in [-0.3, -0.25) is 4.79 Å². The second kappa shape index (κ2) is 7.34. The highest BCUT2D eigenvalue weighted by Crippen LogP contribution is 2.28. The summed E-state index contributed by atoms with van der Waals surface area (Å²) >= 11 is 0. The van der Waals surface area contributed by atoms with Crippen molar-refractivity contribution < 1.29 is 9.53 Å².